The minimum atomic E-state index is -3.53. The summed E-state index contributed by atoms with van der Waals surface area (Å²) in [5.74, 6) is 0.260. The van der Waals surface area contributed by atoms with Crippen LogP contribution in [-0.2, 0) is 20.6 Å². The molecule has 2 aliphatic heterocycles. The smallest absolute Gasteiger partial charge is 0.224 e. The number of carbonyl (C=O) groups excluding carboxylic acids is 1. The van der Waals surface area contributed by atoms with Crippen LogP contribution in [0.1, 0.15) is 63.1 Å². The molecule has 0 aromatic heterocycles. The van der Waals surface area contributed by atoms with Crippen molar-refractivity contribution in [2.24, 2.45) is 5.92 Å². The summed E-state index contributed by atoms with van der Waals surface area (Å²) in [4.78, 5) is 13.3. The molecule has 1 amide bonds. The van der Waals surface area contributed by atoms with Gasteiger partial charge in [0.15, 0.2) is 0 Å². The van der Waals surface area contributed by atoms with E-state index in [-0.39, 0.29) is 35.8 Å². The van der Waals surface area contributed by atoms with Gasteiger partial charge in [0.2, 0.25) is 15.9 Å². The van der Waals surface area contributed by atoms with Crippen LogP contribution in [0.15, 0.2) is 48.5 Å². The van der Waals surface area contributed by atoms with Crippen molar-refractivity contribution in [2.75, 3.05) is 13.1 Å². The van der Waals surface area contributed by atoms with Gasteiger partial charge in [0.05, 0.1) is 17.7 Å². The van der Waals surface area contributed by atoms with Crippen LogP contribution in [-0.4, -0.2) is 37.3 Å². The van der Waals surface area contributed by atoms with Gasteiger partial charge in [-0.05, 0) is 49.4 Å². The van der Waals surface area contributed by atoms with E-state index >= 15 is 0 Å². The highest BCUT2D eigenvalue weighted by atomic mass is 35.5. The fourth-order valence-electron chi connectivity index (χ4n) is 5.01. The Hall–Kier alpha value is -2.09. The van der Waals surface area contributed by atoms with Crippen molar-refractivity contribution < 1.29 is 17.9 Å². The Balaban J connectivity index is 1.46. The number of para-hydroxylation sites is 1. The van der Waals surface area contributed by atoms with Crippen LogP contribution in [0, 0.1) is 5.92 Å². The third kappa shape index (κ3) is 5.42. The molecule has 2 aliphatic rings. The molecule has 0 spiro atoms. The zero-order valence-electron chi connectivity index (χ0n) is 19.8. The van der Waals surface area contributed by atoms with Gasteiger partial charge in [-0.25, -0.2) is 12.7 Å². The summed E-state index contributed by atoms with van der Waals surface area (Å²) in [5, 5.41) is 3.81. The van der Waals surface area contributed by atoms with Crippen molar-refractivity contribution in [3.63, 3.8) is 0 Å². The topological polar surface area (TPSA) is 75.7 Å². The molecule has 34 heavy (non-hydrogen) atoms. The molecule has 2 aromatic carbocycles. The average Bonchev–Trinajstić information content (AvgIpc) is 2.85. The van der Waals surface area contributed by atoms with Gasteiger partial charge < -0.3 is 10.1 Å². The summed E-state index contributed by atoms with van der Waals surface area (Å²) < 4.78 is 34.0. The average molecular weight is 505 g/mol. The Labute approximate surface area is 207 Å². The van der Waals surface area contributed by atoms with Crippen molar-refractivity contribution in [1.29, 1.82) is 0 Å². The van der Waals surface area contributed by atoms with E-state index in [1.807, 2.05) is 24.3 Å². The largest absolute Gasteiger partial charge is 0.487 e. The number of carbonyl (C=O) groups is 1. The van der Waals surface area contributed by atoms with Crippen molar-refractivity contribution in [3.05, 3.63) is 64.7 Å². The molecule has 2 atom stereocenters. The molecular formula is C26H33ClN2O4S. The van der Waals surface area contributed by atoms with E-state index in [2.05, 4.69) is 19.2 Å². The number of rotatable bonds is 7. The molecule has 1 saturated heterocycles. The zero-order valence-corrected chi connectivity index (χ0v) is 21.4. The molecule has 6 nitrogen and oxygen atoms in total. The first-order valence-corrected chi connectivity index (χ1v) is 14.0. The van der Waals surface area contributed by atoms with Gasteiger partial charge in [-0.3, -0.25) is 4.79 Å². The normalized spacial score (nSPS) is 22.4. The maximum atomic E-state index is 13.3. The Morgan fingerprint density at radius 2 is 1.85 bits per heavy atom. The summed E-state index contributed by atoms with van der Waals surface area (Å²) >= 11 is 5.92. The minimum absolute atomic E-state index is 0.0887. The van der Waals surface area contributed by atoms with E-state index in [0.29, 0.717) is 36.4 Å². The van der Waals surface area contributed by atoms with Crippen LogP contribution >= 0.6 is 11.6 Å². The van der Waals surface area contributed by atoms with E-state index in [1.54, 1.807) is 24.3 Å². The second kappa shape index (κ2) is 10.3. The second-order valence-corrected chi connectivity index (χ2v) is 11.8. The van der Waals surface area contributed by atoms with E-state index in [4.69, 9.17) is 16.3 Å². The van der Waals surface area contributed by atoms with Crippen LogP contribution in [0.3, 0.4) is 0 Å². The summed E-state index contributed by atoms with van der Waals surface area (Å²) in [6, 6.07) is 14.5. The van der Waals surface area contributed by atoms with Gasteiger partial charge in [-0.2, -0.15) is 0 Å². The second-order valence-electron chi connectivity index (χ2n) is 9.38. The molecule has 0 saturated carbocycles. The third-order valence-corrected chi connectivity index (χ3v) is 9.28. The third-order valence-electron chi connectivity index (χ3n) is 7.21. The van der Waals surface area contributed by atoms with E-state index in [0.717, 1.165) is 24.2 Å². The molecule has 0 aliphatic carbocycles. The van der Waals surface area contributed by atoms with E-state index < -0.39 is 10.0 Å². The van der Waals surface area contributed by atoms with E-state index in [1.165, 1.54) is 4.31 Å². The maximum Gasteiger partial charge on any atom is 0.224 e. The maximum absolute atomic E-state index is 13.3. The van der Waals surface area contributed by atoms with Gasteiger partial charge in [-0.15, -0.1) is 0 Å². The highest BCUT2D eigenvalue weighted by Crippen LogP contribution is 2.42. The highest BCUT2D eigenvalue weighted by Gasteiger charge is 2.40. The Morgan fingerprint density at radius 3 is 2.56 bits per heavy atom. The lowest BCUT2D eigenvalue weighted by Gasteiger charge is -2.42. The molecule has 0 unspecified atom stereocenters. The molecule has 8 heteroatoms. The van der Waals surface area contributed by atoms with Crippen molar-refractivity contribution in [1.82, 2.24) is 9.62 Å². The fourth-order valence-corrected chi connectivity index (χ4v) is 6.75. The van der Waals surface area contributed by atoms with Gasteiger partial charge in [0.25, 0.3) is 0 Å². The fraction of sp³-hybridized carbons (Fsp3) is 0.500. The predicted octanol–water partition coefficient (Wildman–Crippen LogP) is 5.08. The van der Waals surface area contributed by atoms with Crippen molar-refractivity contribution in [3.8, 4) is 5.75 Å². The number of hydrogen-bond acceptors (Lipinski definition) is 4. The Morgan fingerprint density at radius 1 is 1.15 bits per heavy atom. The number of amides is 1. The van der Waals surface area contributed by atoms with Crippen molar-refractivity contribution >= 4 is 27.5 Å². The number of benzene rings is 2. The van der Waals surface area contributed by atoms with Gasteiger partial charge >= 0.3 is 0 Å². The minimum Gasteiger partial charge on any atom is -0.487 e. The first kappa shape index (κ1) is 25.0. The van der Waals surface area contributed by atoms with Crippen LogP contribution in [0.25, 0.3) is 0 Å². The number of sulfonamides is 1. The molecule has 0 radical (unpaired) electrons. The summed E-state index contributed by atoms with van der Waals surface area (Å²) in [6.07, 6.45) is 3.75. The first-order chi connectivity index (χ1) is 16.2. The first-order valence-electron chi connectivity index (χ1n) is 12.1. The SMILES string of the molecule is CCC1(CC)C[C@H](NC(=O)[C@@H]2CCCN(S(=O)(=O)Cc3ccc(Cl)cc3)C2)c2ccccc2O1. The van der Waals surface area contributed by atoms with Crippen LogP contribution in [0.2, 0.25) is 5.02 Å². The number of fused-ring (bicyclic) bond motifs is 1. The molecule has 1 fully saturated rings. The lowest BCUT2D eigenvalue weighted by Crippen LogP contribution is -2.49. The predicted molar refractivity (Wildman–Crippen MR) is 134 cm³/mol. The van der Waals surface area contributed by atoms with Gasteiger partial charge in [0.1, 0.15) is 11.4 Å². The lowest BCUT2D eigenvalue weighted by atomic mass is 9.83. The molecule has 2 heterocycles. The number of nitrogens with zero attached hydrogens (tertiary/aromatic N) is 1. The van der Waals surface area contributed by atoms with Gasteiger partial charge in [0, 0.05) is 30.1 Å². The van der Waals surface area contributed by atoms with Crippen LogP contribution in [0.4, 0.5) is 0 Å². The highest BCUT2D eigenvalue weighted by molar-refractivity contribution is 7.88. The molecular weight excluding hydrogens is 472 g/mol. The standard InChI is InChI=1S/C26H33ClN2O4S/c1-3-26(4-2)16-23(22-9-5-6-10-24(22)33-26)28-25(30)20-8-7-15-29(17-20)34(31,32)18-19-11-13-21(27)14-12-19/h5-6,9-14,20,23H,3-4,7-8,15-18H2,1-2H3,(H,28,30)/t20-,23+/m1/s1. The van der Waals surface area contributed by atoms with Gasteiger partial charge in [-0.1, -0.05) is 55.8 Å². The summed E-state index contributed by atoms with van der Waals surface area (Å²) in [6.45, 7) is 4.87. The number of nitrogens with one attached hydrogen (secondary N) is 1. The monoisotopic (exact) mass is 504 g/mol. The Bertz CT molecular complexity index is 1120. The van der Waals surface area contributed by atoms with Crippen LogP contribution < -0.4 is 10.1 Å². The number of halogens is 1. The molecule has 1 N–H and O–H groups in total. The molecule has 0 bridgehead atoms. The molecule has 4 rings (SSSR count). The quantitative estimate of drug-likeness (QED) is 0.570. The summed E-state index contributed by atoms with van der Waals surface area (Å²) in [7, 11) is -3.53. The zero-order chi connectivity index (χ0) is 24.3. The molecule has 184 valence electrons. The lowest BCUT2D eigenvalue weighted by molar-refractivity contribution is -0.127. The number of piperidine rings is 1. The molecule has 2 aromatic rings. The number of hydrogen-bond donors (Lipinski definition) is 1. The number of ether oxygens (including phenoxy) is 1. The summed E-state index contributed by atoms with van der Waals surface area (Å²) in [5.41, 5.74) is 1.36. The van der Waals surface area contributed by atoms with E-state index in [9.17, 15) is 13.2 Å². The van der Waals surface area contributed by atoms with Crippen LogP contribution in [0.5, 0.6) is 5.75 Å². The van der Waals surface area contributed by atoms with Crippen molar-refractivity contribution in [2.45, 2.75) is 63.3 Å². The Kier molecular flexibility index (Phi) is 7.55.